The molecule has 0 unspecified atom stereocenters. The Balaban J connectivity index is 0. The van der Waals surface area contributed by atoms with Crippen LogP contribution >= 0.6 is 13.6 Å². The minimum absolute atomic E-state index is 0.306. The van der Waals surface area contributed by atoms with E-state index in [2.05, 4.69) is 20.5 Å². The molecule has 0 atom stereocenters. The van der Waals surface area contributed by atoms with Crippen LogP contribution in [0.25, 0.3) is 0 Å². The molecule has 0 saturated heterocycles. The Bertz CT molecular complexity index is 88.5. The van der Waals surface area contributed by atoms with E-state index in [0.29, 0.717) is 6.42 Å². The monoisotopic (exact) mass is 272 g/mol. The fourth-order valence-electron chi connectivity index (χ4n) is 0.630. The van der Waals surface area contributed by atoms with Crippen LogP contribution < -0.4 is 0 Å². The molecule has 0 aliphatic carbocycles. The van der Waals surface area contributed by atoms with E-state index in [9.17, 15) is 4.79 Å². The molecule has 0 amide bonds. The number of hydrogen-bond donors (Lipinski definition) is 1. The van der Waals surface area contributed by atoms with Gasteiger partial charge in [-0.1, -0.05) is 12.8 Å². The van der Waals surface area contributed by atoms with E-state index in [4.69, 9.17) is 5.11 Å². The molecule has 0 saturated carbocycles. The molecule has 0 aromatic heterocycles. The number of rotatable bonds is 5. The number of halogens is 1. The summed E-state index contributed by atoms with van der Waals surface area (Å²) in [6.07, 6.45) is 4.06. The quantitative estimate of drug-likeness (QED) is 0.475. The predicted octanol–water partition coefficient (Wildman–Crippen LogP) is 2.70. The molecule has 1 N–H and O–H groups in total. The average molecular weight is 274 g/mol. The van der Waals surface area contributed by atoms with Gasteiger partial charge in [-0.25, -0.2) is 0 Å². The van der Waals surface area contributed by atoms with Crippen LogP contribution in [-0.2, 0) is 21.1 Å². The maximum atomic E-state index is 9.95. The van der Waals surface area contributed by atoms with Crippen LogP contribution in [0, 0.1) is 6.92 Å². The molecule has 0 heterocycles. The Hall–Kier alpha value is 0.573. The van der Waals surface area contributed by atoms with E-state index < -0.39 is 5.97 Å². The van der Waals surface area contributed by atoms with Gasteiger partial charge in [-0.15, -0.1) is 0 Å². The van der Waals surface area contributed by atoms with Gasteiger partial charge in [0.05, 0.1) is 0 Å². The molecule has 11 heavy (non-hydrogen) atoms. The zero-order valence-electron chi connectivity index (χ0n) is 6.68. The molecule has 0 rings (SSSR count). The minimum atomic E-state index is -0.695. The molecule has 0 aliphatic rings. The molecule has 0 aromatic carbocycles. The summed E-state index contributed by atoms with van der Waals surface area (Å²) < 4.78 is 0. The predicted molar refractivity (Wildman–Crippen MR) is 45.0 cm³/mol. The molecule has 2 nitrogen and oxygen atoms in total. The van der Waals surface area contributed by atoms with E-state index >= 15 is 0 Å². The summed E-state index contributed by atoms with van der Waals surface area (Å²) in [5.41, 5.74) is 0. The van der Waals surface area contributed by atoms with Crippen molar-refractivity contribution in [1.82, 2.24) is 0 Å². The van der Waals surface area contributed by atoms with Gasteiger partial charge in [-0.05, 0) is 6.42 Å². The maximum absolute atomic E-state index is 9.95. The van der Waals surface area contributed by atoms with E-state index in [1.165, 1.54) is 16.3 Å². The third kappa shape index (κ3) is 18.0. The summed E-state index contributed by atoms with van der Waals surface area (Å²) in [6, 6.07) is 0. The Kier molecular flexibility index (Phi) is 16.9. The first-order valence-electron chi connectivity index (χ1n) is 3.55. The van der Waals surface area contributed by atoms with Gasteiger partial charge in [-0.2, -0.15) is 6.42 Å². The first kappa shape index (κ1) is 14.1. The molecular formula is C7H13BrO2Zn. The summed E-state index contributed by atoms with van der Waals surface area (Å²) in [5, 5.41) is 8.20. The van der Waals surface area contributed by atoms with Gasteiger partial charge in [0.1, 0.15) is 0 Å². The van der Waals surface area contributed by atoms with Gasteiger partial charge in [-0.3, -0.25) is 4.79 Å². The van der Waals surface area contributed by atoms with Crippen molar-refractivity contribution in [1.29, 1.82) is 0 Å². The fourth-order valence-corrected chi connectivity index (χ4v) is 0.630. The van der Waals surface area contributed by atoms with Crippen molar-refractivity contribution >= 4 is 19.6 Å². The summed E-state index contributed by atoms with van der Waals surface area (Å²) in [7, 11) is 0. The summed E-state index contributed by atoms with van der Waals surface area (Å²) in [5.74, 6) is -0.695. The average Bonchev–Trinajstić information content (AvgIpc) is 2.02. The molecule has 0 aliphatic heterocycles. The van der Waals surface area contributed by atoms with Gasteiger partial charge in [0.15, 0.2) is 0 Å². The molecule has 0 fully saturated rings. The van der Waals surface area contributed by atoms with Crippen molar-refractivity contribution in [2.24, 2.45) is 0 Å². The molecule has 0 radical (unpaired) electrons. The van der Waals surface area contributed by atoms with Crippen molar-refractivity contribution in [3.8, 4) is 0 Å². The Morgan fingerprint density at radius 3 is 2.27 bits per heavy atom. The van der Waals surface area contributed by atoms with Crippen molar-refractivity contribution in [2.75, 3.05) is 0 Å². The topological polar surface area (TPSA) is 37.3 Å². The number of carboxylic acids is 1. The molecule has 0 spiro atoms. The summed E-state index contributed by atoms with van der Waals surface area (Å²) in [4.78, 5) is 9.95. The van der Waals surface area contributed by atoms with E-state index in [1.807, 2.05) is 0 Å². The standard InChI is InChI=1S/C7H13O2.BrH.Zn/c1-2-3-4-5-6-7(8)9;;/h1-6H2,(H,8,9);1H;/q-1;;+2/p-1. The van der Waals surface area contributed by atoms with Gasteiger partial charge in [0.25, 0.3) is 0 Å². The van der Waals surface area contributed by atoms with Crippen LogP contribution in [0.15, 0.2) is 0 Å². The Morgan fingerprint density at radius 1 is 1.36 bits per heavy atom. The molecule has 62 valence electrons. The number of hydrogen-bond acceptors (Lipinski definition) is 1. The molecular weight excluding hydrogens is 261 g/mol. The van der Waals surface area contributed by atoms with Gasteiger partial charge in [0, 0.05) is 6.42 Å². The first-order valence-corrected chi connectivity index (χ1v) is 10.5. The van der Waals surface area contributed by atoms with Crippen LogP contribution in [-0.4, -0.2) is 11.1 Å². The van der Waals surface area contributed by atoms with Crippen LogP contribution in [0.4, 0.5) is 0 Å². The van der Waals surface area contributed by atoms with Crippen molar-refractivity contribution in [3.63, 3.8) is 0 Å². The van der Waals surface area contributed by atoms with Crippen molar-refractivity contribution in [2.45, 2.75) is 32.1 Å². The zero-order valence-corrected chi connectivity index (χ0v) is 11.2. The summed E-state index contributed by atoms with van der Waals surface area (Å²) in [6.45, 7) is 3.65. The number of carbonyl (C=O) groups is 1. The fraction of sp³-hybridized carbons (Fsp3) is 0.714. The van der Waals surface area contributed by atoms with Crippen LogP contribution in [0.1, 0.15) is 32.1 Å². The van der Waals surface area contributed by atoms with Gasteiger partial charge < -0.3 is 12.0 Å². The van der Waals surface area contributed by atoms with E-state index in [1.54, 1.807) is 0 Å². The SMILES string of the molecule is [CH2-]CCCCCC(=O)O.[Zn+][Br]. The third-order valence-corrected chi connectivity index (χ3v) is 1.14. The normalized spacial score (nSPS) is 8.36. The van der Waals surface area contributed by atoms with Crippen LogP contribution in [0.5, 0.6) is 0 Å². The Labute approximate surface area is 84.8 Å². The summed E-state index contributed by atoms with van der Waals surface area (Å²) >= 11 is 4.25. The second-order valence-corrected chi connectivity index (χ2v) is 2.06. The number of carboxylic acid groups (broad SMARTS) is 1. The molecule has 0 bridgehead atoms. The van der Waals surface area contributed by atoms with Crippen molar-refractivity contribution < 1.29 is 26.2 Å². The molecule has 4 heteroatoms. The second kappa shape index (κ2) is 13.2. The van der Waals surface area contributed by atoms with E-state index in [0.717, 1.165) is 25.7 Å². The first-order chi connectivity index (χ1) is 5.27. The number of aliphatic carboxylic acids is 1. The second-order valence-electron chi connectivity index (χ2n) is 2.06. The molecule has 0 aromatic rings. The van der Waals surface area contributed by atoms with E-state index in [-0.39, 0.29) is 0 Å². The number of unbranched alkanes of at least 4 members (excludes halogenated alkanes) is 3. The zero-order chi connectivity index (χ0) is 9.11. The third-order valence-electron chi connectivity index (χ3n) is 1.14. The van der Waals surface area contributed by atoms with Crippen molar-refractivity contribution in [3.05, 3.63) is 6.92 Å². The van der Waals surface area contributed by atoms with Crippen LogP contribution in [0.2, 0.25) is 0 Å². The van der Waals surface area contributed by atoms with Gasteiger partial charge >= 0.3 is 35.9 Å². The van der Waals surface area contributed by atoms with Crippen LogP contribution in [0.3, 0.4) is 0 Å². The van der Waals surface area contributed by atoms with Gasteiger partial charge in [0.2, 0.25) is 0 Å². The Morgan fingerprint density at radius 2 is 1.91 bits per heavy atom.